The molecule has 0 saturated carbocycles. The van der Waals surface area contributed by atoms with Gasteiger partial charge in [-0.3, -0.25) is 4.90 Å². The average Bonchev–Trinajstić information content (AvgIpc) is 2.60. The summed E-state index contributed by atoms with van der Waals surface area (Å²) in [6.07, 6.45) is 1.70. The summed E-state index contributed by atoms with van der Waals surface area (Å²) in [6.45, 7) is 5.26. The Morgan fingerprint density at radius 3 is 2.83 bits per heavy atom. The number of aromatic nitrogens is 2. The number of hydrogen-bond acceptors (Lipinski definition) is 6. The molecule has 2 heterocycles. The predicted molar refractivity (Wildman–Crippen MR) is 97.5 cm³/mol. The molecule has 0 aliphatic carbocycles. The quantitative estimate of drug-likeness (QED) is 0.816. The van der Waals surface area contributed by atoms with E-state index in [9.17, 15) is 0 Å². The summed E-state index contributed by atoms with van der Waals surface area (Å²) in [5, 5.41) is 7.59. The predicted octanol–water partition coefficient (Wildman–Crippen LogP) is 3.27. The van der Waals surface area contributed by atoms with Gasteiger partial charge in [-0.2, -0.15) is 4.98 Å². The van der Waals surface area contributed by atoms with E-state index in [0.29, 0.717) is 27.5 Å². The maximum atomic E-state index is 6.16. The van der Waals surface area contributed by atoms with Crippen LogP contribution >= 0.6 is 23.2 Å². The molecule has 128 valence electrons. The number of anilines is 3. The zero-order chi connectivity index (χ0) is 16.8. The summed E-state index contributed by atoms with van der Waals surface area (Å²) in [7, 11) is 0. The number of nitrogens with zero attached hydrogens (tertiary/aromatic N) is 3. The van der Waals surface area contributed by atoms with E-state index in [-0.39, 0.29) is 0 Å². The molecule has 0 spiro atoms. The van der Waals surface area contributed by atoms with Crippen molar-refractivity contribution in [3.05, 3.63) is 40.5 Å². The minimum absolute atomic E-state index is 0.575. The third-order valence-electron chi connectivity index (χ3n) is 3.66. The lowest BCUT2D eigenvalue weighted by Gasteiger charge is -2.26. The van der Waals surface area contributed by atoms with Crippen molar-refractivity contribution in [1.82, 2.24) is 14.9 Å². The SMILES string of the molecule is Clc1ccc(Cl)c(Nc2ccnc(NCCN3CCOCC3)n2)c1. The Bertz CT molecular complexity index is 679. The fraction of sp³-hybridized carbons (Fsp3) is 0.375. The largest absolute Gasteiger partial charge is 0.379 e. The van der Waals surface area contributed by atoms with Gasteiger partial charge in [-0.1, -0.05) is 23.2 Å². The van der Waals surface area contributed by atoms with Crippen molar-refractivity contribution in [2.24, 2.45) is 0 Å². The third-order valence-corrected chi connectivity index (χ3v) is 4.23. The smallest absolute Gasteiger partial charge is 0.224 e. The van der Waals surface area contributed by atoms with Crippen LogP contribution in [-0.4, -0.2) is 54.3 Å². The standard InChI is InChI=1S/C16H19Cl2N5O/c17-12-1-2-13(18)14(11-12)21-15-3-4-19-16(22-15)20-5-6-23-7-9-24-10-8-23/h1-4,11H,5-10H2,(H2,19,20,21,22). The fourth-order valence-electron chi connectivity index (χ4n) is 2.40. The van der Waals surface area contributed by atoms with Gasteiger partial charge in [-0.15, -0.1) is 0 Å². The Hall–Kier alpha value is -1.60. The molecule has 1 fully saturated rings. The van der Waals surface area contributed by atoms with Gasteiger partial charge in [0.25, 0.3) is 0 Å². The van der Waals surface area contributed by atoms with Gasteiger partial charge in [-0.25, -0.2) is 4.98 Å². The molecule has 8 heteroatoms. The number of rotatable bonds is 6. The van der Waals surface area contributed by atoms with E-state index < -0.39 is 0 Å². The van der Waals surface area contributed by atoms with Crippen LogP contribution in [0.25, 0.3) is 0 Å². The molecular weight excluding hydrogens is 349 g/mol. The van der Waals surface area contributed by atoms with Crippen molar-refractivity contribution in [2.75, 3.05) is 50.0 Å². The topological polar surface area (TPSA) is 62.3 Å². The Labute approximate surface area is 151 Å². The van der Waals surface area contributed by atoms with Crippen molar-refractivity contribution in [3.63, 3.8) is 0 Å². The minimum Gasteiger partial charge on any atom is -0.379 e. The van der Waals surface area contributed by atoms with Crippen LogP contribution in [-0.2, 0) is 4.74 Å². The highest BCUT2D eigenvalue weighted by atomic mass is 35.5. The molecule has 1 aliphatic rings. The van der Waals surface area contributed by atoms with Gasteiger partial charge in [0.2, 0.25) is 5.95 Å². The number of nitrogens with one attached hydrogen (secondary N) is 2. The van der Waals surface area contributed by atoms with Crippen molar-refractivity contribution in [2.45, 2.75) is 0 Å². The van der Waals surface area contributed by atoms with Crippen LogP contribution in [0.15, 0.2) is 30.5 Å². The average molecular weight is 368 g/mol. The Kier molecular flexibility index (Phi) is 6.09. The molecule has 0 amide bonds. The first-order chi connectivity index (χ1) is 11.7. The molecular formula is C16H19Cl2N5O. The van der Waals surface area contributed by atoms with Gasteiger partial charge in [0.15, 0.2) is 0 Å². The summed E-state index contributed by atoms with van der Waals surface area (Å²) in [5.74, 6) is 1.23. The Morgan fingerprint density at radius 1 is 1.17 bits per heavy atom. The second-order valence-electron chi connectivity index (χ2n) is 5.40. The van der Waals surface area contributed by atoms with E-state index in [2.05, 4.69) is 25.5 Å². The fourth-order valence-corrected chi connectivity index (χ4v) is 2.73. The molecule has 1 aromatic heterocycles. The number of ether oxygens (including phenoxy) is 1. The van der Waals surface area contributed by atoms with Gasteiger partial charge < -0.3 is 15.4 Å². The highest BCUT2D eigenvalue weighted by Gasteiger charge is 2.10. The molecule has 1 aromatic carbocycles. The first kappa shape index (κ1) is 17.2. The highest BCUT2D eigenvalue weighted by molar-refractivity contribution is 6.35. The molecule has 0 radical (unpaired) electrons. The van der Waals surface area contributed by atoms with E-state index in [4.69, 9.17) is 27.9 Å². The maximum absolute atomic E-state index is 6.16. The van der Waals surface area contributed by atoms with Gasteiger partial charge >= 0.3 is 0 Å². The van der Waals surface area contributed by atoms with Crippen molar-refractivity contribution < 1.29 is 4.74 Å². The second kappa shape index (κ2) is 8.48. The number of morpholine rings is 1. The molecule has 3 rings (SSSR count). The maximum Gasteiger partial charge on any atom is 0.224 e. The third kappa shape index (κ3) is 4.95. The summed E-state index contributed by atoms with van der Waals surface area (Å²) >= 11 is 12.2. The molecule has 0 bridgehead atoms. The van der Waals surface area contributed by atoms with Gasteiger partial charge in [0.1, 0.15) is 5.82 Å². The van der Waals surface area contributed by atoms with Crippen LogP contribution in [0.4, 0.5) is 17.5 Å². The first-order valence-corrected chi connectivity index (χ1v) is 8.55. The monoisotopic (exact) mass is 367 g/mol. The van der Waals surface area contributed by atoms with Crippen LogP contribution in [0, 0.1) is 0 Å². The van der Waals surface area contributed by atoms with E-state index in [1.807, 2.05) is 0 Å². The number of halogens is 2. The molecule has 0 atom stereocenters. The molecule has 0 unspecified atom stereocenters. The lowest BCUT2D eigenvalue weighted by Crippen LogP contribution is -2.39. The lowest BCUT2D eigenvalue weighted by atomic mass is 10.3. The lowest BCUT2D eigenvalue weighted by molar-refractivity contribution is 0.0398. The van der Waals surface area contributed by atoms with Gasteiger partial charge in [0.05, 0.1) is 23.9 Å². The van der Waals surface area contributed by atoms with Crippen LogP contribution in [0.2, 0.25) is 10.0 Å². The summed E-state index contributed by atoms with van der Waals surface area (Å²) < 4.78 is 5.34. The molecule has 6 nitrogen and oxygen atoms in total. The van der Waals surface area contributed by atoms with Crippen molar-refractivity contribution in [1.29, 1.82) is 0 Å². The number of benzene rings is 1. The van der Waals surface area contributed by atoms with E-state index in [1.165, 1.54) is 0 Å². The summed E-state index contributed by atoms with van der Waals surface area (Å²) in [4.78, 5) is 11.0. The molecule has 2 aromatic rings. The summed E-state index contributed by atoms with van der Waals surface area (Å²) in [5.41, 5.74) is 0.710. The van der Waals surface area contributed by atoms with E-state index >= 15 is 0 Å². The molecule has 24 heavy (non-hydrogen) atoms. The molecule has 1 saturated heterocycles. The summed E-state index contributed by atoms with van der Waals surface area (Å²) in [6, 6.07) is 7.03. The van der Waals surface area contributed by atoms with Crippen LogP contribution in [0.3, 0.4) is 0 Å². The first-order valence-electron chi connectivity index (χ1n) is 7.80. The number of hydrogen-bond donors (Lipinski definition) is 2. The second-order valence-corrected chi connectivity index (χ2v) is 6.24. The highest BCUT2D eigenvalue weighted by Crippen LogP contribution is 2.27. The van der Waals surface area contributed by atoms with Crippen LogP contribution in [0.5, 0.6) is 0 Å². The zero-order valence-electron chi connectivity index (χ0n) is 13.1. The van der Waals surface area contributed by atoms with Crippen LogP contribution in [0.1, 0.15) is 0 Å². The minimum atomic E-state index is 0.575. The van der Waals surface area contributed by atoms with Gasteiger partial charge in [-0.05, 0) is 24.3 Å². The zero-order valence-corrected chi connectivity index (χ0v) is 14.6. The van der Waals surface area contributed by atoms with Gasteiger partial charge in [0, 0.05) is 37.4 Å². The molecule has 1 aliphatic heterocycles. The van der Waals surface area contributed by atoms with E-state index in [1.54, 1.807) is 30.5 Å². The van der Waals surface area contributed by atoms with Crippen molar-refractivity contribution >= 4 is 40.7 Å². The van der Waals surface area contributed by atoms with Crippen molar-refractivity contribution in [3.8, 4) is 0 Å². The van der Waals surface area contributed by atoms with E-state index in [0.717, 1.165) is 39.4 Å². The molecule has 2 N–H and O–H groups in total. The normalized spacial score (nSPS) is 15.2. The Balaban J connectivity index is 1.56. The van der Waals surface area contributed by atoms with Crippen LogP contribution < -0.4 is 10.6 Å². The Morgan fingerprint density at radius 2 is 2.00 bits per heavy atom.